The standard InChI is InChI=1S/C44H48O8S2/c1-2-3-31-49-36-24-26-38(27-25-36)53-42-28-23-35(34-43(42)54(46,47)52-37-17-8-7-9-18-37)39-19-10-11-20-40(39)41(45)21-16-30-48-29-13-5-4-6-14-32-50-44-22-12-15-33-51-44/h7-11,17-20,23-28,34,41,44-45H,4-6,12-15,22,29-33H2,1H3. The second-order valence-corrected chi connectivity index (χ2v) is 15.2. The van der Waals surface area contributed by atoms with Crippen LogP contribution in [0.25, 0.3) is 11.1 Å². The Morgan fingerprint density at radius 2 is 1.59 bits per heavy atom. The van der Waals surface area contributed by atoms with Crippen molar-refractivity contribution < 1.29 is 36.7 Å². The SMILES string of the molecule is CC#CCOc1ccc(Sc2ccc(-c3ccccc3C(O)C#CCOCCCCCCCOC3CCCCO3)cc2S(=O)(=O)Oc2ccccc2)cc1. The van der Waals surface area contributed by atoms with Gasteiger partial charge in [-0.3, -0.25) is 0 Å². The summed E-state index contributed by atoms with van der Waals surface area (Å²) in [6, 6.07) is 28.2. The van der Waals surface area contributed by atoms with Gasteiger partial charge in [0.25, 0.3) is 0 Å². The highest BCUT2D eigenvalue weighted by atomic mass is 32.2. The zero-order valence-electron chi connectivity index (χ0n) is 30.7. The minimum absolute atomic E-state index is 0.00134. The molecule has 10 heteroatoms. The normalized spacial score (nSPS) is 14.6. The maximum Gasteiger partial charge on any atom is 0.340 e. The summed E-state index contributed by atoms with van der Waals surface area (Å²) in [6.07, 6.45) is 7.49. The Morgan fingerprint density at radius 1 is 0.833 bits per heavy atom. The van der Waals surface area contributed by atoms with Gasteiger partial charge in [-0.1, -0.05) is 97.3 Å². The average Bonchev–Trinajstić information content (AvgIpc) is 3.19. The Hall–Kier alpha value is -4.26. The largest absolute Gasteiger partial charge is 0.481 e. The highest BCUT2D eigenvalue weighted by molar-refractivity contribution is 8.00. The molecule has 0 aromatic heterocycles. The van der Waals surface area contributed by atoms with Crippen LogP contribution in [-0.4, -0.2) is 52.8 Å². The van der Waals surface area contributed by atoms with E-state index in [1.165, 1.54) is 18.2 Å². The van der Waals surface area contributed by atoms with Gasteiger partial charge in [0, 0.05) is 35.2 Å². The smallest absolute Gasteiger partial charge is 0.340 e. The number of unbranched alkanes of at least 4 members (excludes halogenated alkanes) is 4. The zero-order chi connectivity index (χ0) is 37.9. The molecule has 0 radical (unpaired) electrons. The summed E-state index contributed by atoms with van der Waals surface area (Å²) in [5.74, 6) is 12.4. The first-order chi connectivity index (χ1) is 26.4. The van der Waals surface area contributed by atoms with Crippen LogP contribution in [0.2, 0.25) is 0 Å². The molecule has 1 saturated heterocycles. The number of para-hydroxylation sites is 1. The minimum Gasteiger partial charge on any atom is -0.481 e. The topological polar surface area (TPSA) is 101 Å². The molecule has 0 amide bonds. The van der Waals surface area contributed by atoms with Gasteiger partial charge in [0.05, 0.1) is 0 Å². The van der Waals surface area contributed by atoms with Gasteiger partial charge < -0.3 is 28.2 Å². The van der Waals surface area contributed by atoms with Gasteiger partial charge in [-0.2, -0.15) is 8.42 Å². The summed E-state index contributed by atoms with van der Waals surface area (Å²) in [5, 5.41) is 11.1. The third kappa shape index (κ3) is 13.2. The Kier molecular flexibility index (Phi) is 16.8. The maximum absolute atomic E-state index is 13.8. The van der Waals surface area contributed by atoms with Crippen LogP contribution < -0.4 is 8.92 Å². The first kappa shape index (κ1) is 40.9. The van der Waals surface area contributed by atoms with E-state index in [2.05, 4.69) is 23.7 Å². The molecule has 1 heterocycles. The lowest BCUT2D eigenvalue weighted by Gasteiger charge is -2.22. The van der Waals surface area contributed by atoms with Crippen molar-refractivity contribution in [1.29, 1.82) is 0 Å². The van der Waals surface area contributed by atoms with Gasteiger partial charge in [0.1, 0.15) is 35.7 Å². The fourth-order valence-corrected chi connectivity index (χ4v) is 8.05. The molecule has 0 bridgehead atoms. The minimum atomic E-state index is -4.27. The van der Waals surface area contributed by atoms with Crippen molar-refractivity contribution in [2.45, 2.75) is 85.4 Å². The predicted octanol–water partition coefficient (Wildman–Crippen LogP) is 9.22. The molecule has 1 aliphatic rings. The number of aliphatic hydroxyl groups is 1. The highest BCUT2D eigenvalue weighted by Crippen LogP contribution is 2.38. The lowest BCUT2D eigenvalue weighted by atomic mass is 9.96. The third-order valence-electron chi connectivity index (χ3n) is 8.56. The molecule has 54 heavy (non-hydrogen) atoms. The quantitative estimate of drug-likeness (QED) is 0.0569. The molecule has 8 nitrogen and oxygen atoms in total. The highest BCUT2D eigenvalue weighted by Gasteiger charge is 2.24. The fourth-order valence-electron chi connectivity index (χ4n) is 5.76. The number of rotatable bonds is 19. The van der Waals surface area contributed by atoms with Crippen molar-refractivity contribution in [3.05, 3.63) is 103 Å². The first-order valence-corrected chi connectivity index (χ1v) is 20.7. The van der Waals surface area contributed by atoms with E-state index >= 15 is 0 Å². The maximum atomic E-state index is 13.8. The predicted molar refractivity (Wildman–Crippen MR) is 212 cm³/mol. The Morgan fingerprint density at radius 3 is 2.37 bits per heavy atom. The van der Waals surface area contributed by atoms with Crippen LogP contribution in [-0.2, 0) is 24.3 Å². The summed E-state index contributed by atoms with van der Waals surface area (Å²) in [6.45, 7) is 4.41. The van der Waals surface area contributed by atoms with Gasteiger partial charge in [0.2, 0.25) is 0 Å². The molecule has 2 atom stereocenters. The van der Waals surface area contributed by atoms with E-state index in [0.29, 0.717) is 33.9 Å². The van der Waals surface area contributed by atoms with E-state index in [9.17, 15) is 13.5 Å². The first-order valence-electron chi connectivity index (χ1n) is 18.4. The van der Waals surface area contributed by atoms with Crippen LogP contribution in [0.15, 0.2) is 112 Å². The van der Waals surface area contributed by atoms with Gasteiger partial charge in [-0.15, -0.1) is 5.92 Å². The van der Waals surface area contributed by atoms with Crippen LogP contribution in [0.3, 0.4) is 0 Å². The molecule has 0 spiro atoms. The summed E-state index contributed by atoms with van der Waals surface area (Å²) < 4.78 is 56.0. The number of aliphatic hydroxyl groups excluding tert-OH is 1. The summed E-state index contributed by atoms with van der Waals surface area (Å²) in [5.41, 5.74) is 1.80. The molecule has 1 N–H and O–H groups in total. The van der Waals surface area contributed by atoms with Crippen molar-refractivity contribution in [1.82, 2.24) is 0 Å². The monoisotopic (exact) mass is 768 g/mol. The summed E-state index contributed by atoms with van der Waals surface area (Å²) in [7, 11) is -4.27. The Balaban J connectivity index is 1.20. The van der Waals surface area contributed by atoms with E-state index in [1.807, 2.05) is 48.5 Å². The van der Waals surface area contributed by atoms with Crippen LogP contribution in [0.1, 0.15) is 70.0 Å². The van der Waals surface area contributed by atoms with Crippen molar-refractivity contribution in [2.75, 3.05) is 33.0 Å². The lowest BCUT2D eigenvalue weighted by Crippen LogP contribution is -2.22. The third-order valence-corrected chi connectivity index (χ3v) is 11.1. The second kappa shape index (κ2) is 22.2. The number of hydrogen-bond donors (Lipinski definition) is 1. The van der Waals surface area contributed by atoms with Crippen LogP contribution in [0.5, 0.6) is 11.5 Å². The molecule has 4 aromatic carbocycles. The molecule has 284 valence electrons. The molecule has 2 unspecified atom stereocenters. The molecule has 0 aliphatic carbocycles. The van der Waals surface area contributed by atoms with Gasteiger partial charge in [-0.25, -0.2) is 0 Å². The van der Waals surface area contributed by atoms with Crippen molar-refractivity contribution in [3.8, 4) is 46.3 Å². The number of hydrogen-bond acceptors (Lipinski definition) is 9. The lowest BCUT2D eigenvalue weighted by molar-refractivity contribution is -0.162. The zero-order valence-corrected chi connectivity index (χ0v) is 32.3. The molecule has 4 aromatic rings. The second-order valence-electron chi connectivity index (χ2n) is 12.6. The van der Waals surface area contributed by atoms with Gasteiger partial charge in [-0.05, 0) is 98.7 Å². The molecule has 0 saturated carbocycles. The van der Waals surface area contributed by atoms with Crippen molar-refractivity contribution in [2.24, 2.45) is 0 Å². The summed E-state index contributed by atoms with van der Waals surface area (Å²) >= 11 is 1.29. The Labute approximate surface area is 324 Å². The van der Waals surface area contributed by atoms with Crippen LogP contribution in [0, 0.1) is 23.7 Å². The fraction of sp³-hybridized carbons (Fsp3) is 0.364. The average molecular weight is 769 g/mol. The number of ether oxygens (including phenoxy) is 4. The van der Waals surface area contributed by atoms with E-state index in [0.717, 1.165) is 63.1 Å². The van der Waals surface area contributed by atoms with E-state index in [1.54, 1.807) is 55.5 Å². The van der Waals surface area contributed by atoms with Crippen LogP contribution in [0.4, 0.5) is 0 Å². The van der Waals surface area contributed by atoms with Crippen molar-refractivity contribution >= 4 is 21.9 Å². The molecule has 1 fully saturated rings. The van der Waals surface area contributed by atoms with Crippen molar-refractivity contribution in [3.63, 3.8) is 0 Å². The molecular weight excluding hydrogens is 721 g/mol. The number of benzene rings is 4. The Bertz CT molecular complexity index is 1970. The van der Waals surface area contributed by atoms with E-state index in [-0.39, 0.29) is 30.1 Å². The molecular formula is C44H48O8S2. The van der Waals surface area contributed by atoms with E-state index < -0.39 is 16.2 Å². The van der Waals surface area contributed by atoms with E-state index in [4.69, 9.17) is 23.1 Å². The molecule has 5 rings (SSSR count). The molecule has 1 aliphatic heterocycles. The van der Waals surface area contributed by atoms with Crippen LogP contribution >= 0.6 is 11.8 Å². The summed E-state index contributed by atoms with van der Waals surface area (Å²) in [4.78, 5) is 1.29. The van der Waals surface area contributed by atoms with Gasteiger partial charge in [0.15, 0.2) is 6.29 Å². The van der Waals surface area contributed by atoms with Gasteiger partial charge >= 0.3 is 10.1 Å².